The van der Waals surface area contributed by atoms with Crippen molar-refractivity contribution in [2.75, 3.05) is 5.32 Å². The molecule has 2 rings (SSSR count). The van der Waals surface area contributed by atoms with Crippen LogP contribution in [0.3, 0.4) is 0 Å². The maximum Gasteiger partial charge on any atom is 0.0976 e. The van der Waals surface area contributed by atoms with Gasteiger partial charge in [-0.05, 0) is 17.5 Å². The van der Waals surface area contributed by atoms with Gasteiger partial charge in [0.25, 0.3) is 0 Å². The molecular weight excluding hydrogens is 216 g/mol. The first kappa shape index (κ1) is 10.6. The third kappa shape index (κ3) is 2.38. The lowest BCUT2D eigenvalue weighted by Gasteiger charge is -2.05. The Hall–Kier alpha value is -1.87. The first-order chi connectivity index (χ1) is 7.77. The van der Waals surface area contributed by atoms with E-state index in [0.717, 1.165) is 5.69 Å². The molecule has 0 aliphatic rings. The zero-order valence-corrected chi connectivity index (χ0v) is 9.50. The van der Waals surface area contributed by atoms with Crippen molar-refractivity contribution in [3.05, 3.63) is 54.7 Å². The van der Waals surface area contributed by atoms with Gasteiger partial charge < -0.3 is 11.1 Å². The summed E-state index contributed by atoms with van der Waals surface area (Å²) in [5.74, 6) is 0. The van der Waals surface area contributed by atoms with Crippen LogP contribution in [-0.4, -0.2) is 4.99 Å². The van der Waals surface area contributed by atoms with Crippen LogP contribution in [0.5, 0.6) is 0 Å². The lowest BCUT2D eigenvalue weighted by molar-refractivity contribution is 1.62. The summed E-state index contributed by atoms with van der Waals surface area (Å²) in [5.41, 5.74) is 6.42. The molecule has 0 aliphatic heterocycles. The first-order valence-electron chi connectivity index (χ1n) is 4.97. The molecule has 0 saturated heterocycles. The Morgan fingerprint density at radius 3 is 2.69 bits per heavy atom. The second kappa shape index (κ2) is 4.77. The van der Waals surface area contributed by atoms with E-state index < -0.39 is 0 Å². The SMILES string of the molecule is NC(=S)/C=C/Nc1cccc2ccccc12. The standard InChI is InChI=1S/C13H12N2S/c14-13(16)8-9-15-12-7-3-5-10-4-1-2-6-11(10)12/h1-9,15H,(H2,14,16)/b9-8+. The van der Waals surface area contributed by atoms with E-state index in [-0.39, 0.29) is 0 Å². The summed E-state index contributed by atoms with van der Waals surface area (Å²) in [4.78, 5) is 0.368. The number of hydrogen-bond donors (Lipinski definition) is 2. The average Bonchev–Trinajstić information content (AvgIpc) is 2.29. The minimum atomic E-state index is 0.368. The van der Waals surface area contributed by atoms with Crippen molar-refractivity contribution in [1.29, 1.82) is 0 Å². The lowest BCUT2D eigenvalue weighted by Crippen LogP contribution is -2.03. The smallest absolute Gasteiger partial charge is 0.0976 e. The molecule has 0 unspecified atom stereocenters. The Morgan fingerprint density at radius 1 is 1.12 bits per heavy atom. The molecule has 0 radical (unpaired) electrons. The third-order valence-electron chi connectivity index (χ3n) is 2.28. The molecule has 80 valence electrons. The van der Waals surface area contributed by atoms with Crippen LogP contribution >= 0.6 is 12.2 Å². The van der Waals surface area contributed by atoms with Gasteiger partial charge in [-0.25, -0.2) is 0 Å². The van der Waals surface area contributed by atoms with Gasteiger partial charge in [-0.2, -0.15) is 0 Å². The quantitative estimate of drug-likeness (QED) is 0.626. The van der Waals surface area contributed by atoms with Crippen LogP contribution in [0, 0.1) is 0 Å². The Balaban J connectivity index is 2.34. The van der Waals surface area contributed by atoms with Crippen LogP contribution in [0.2, 0.25) is 0 Å². The third-order valence-corrected chi connectivity index (χ3v) is 2.41. The van der Waals surface area contributed by atoms with Crippen molar-refractivity contribution < 1.29 is 0 Å². The Morgan fingerprint density at radius 2 is 1.88 bits per heavy atom. The molecule has 0 bridgehead atoms. The molecule has 0 atom stereocenters. The number of nitrogens with one attached hydrogen (secondary N) is 1. The van der Waals surface area contributed by atoms with Crippen molar-refractivity contribution in [2.45, 2.75) is 0 Å². The van der Waals surface area contributed by atoms with Crippen LogP contribution in [0.25, 0.3) is 10.8 Å². The summed E-state index contributed by atoms with van der Waals surface area (Å²) in [6.45, 7) is 0. The summed E-state index contributed by atoms with van der Waals surface area (Å²) in [6, 6.07) is 14.3. The second-order valence-electron chi connectivity index (χ2n) is 3.41. The van der Waals surface area contributed by atoms with Crippen LogP contribution in [0.15, 0.2) is 54.7 Å². The Bertz CT molecular complexity index is 541. The zero-order chi connectivity index (χ0) is 11.4. The van der Waals surface area contributed by atoms with E-state index in [1.165, 1.54) is 10.8 Å². The zero-order valence-electron chi connectivity index (χ0n) is 8.68. The molecular formula is C13H12N2S. The van der Waals surface area contributed by atoms with Crippen molar-refractivity contribution in [3.63, 3.8) is 0 Å². The van der Waals surface area contributed by atoms with Gasteiger partial charge in [0, 0.05) is 17.3 Å². The number of thiocarbonyl (C=S) groups is 1. The molecule has 3 N–H and O–H groups in total. The highest BCUT2D eigenvalue weighted by Gasteiger charge is 1.96. The Kier molecular flexibility index (Phi) is 3.17. The largest absolute Gasteiger partial charge is 0.390 e. The summed E-state index contributed by atoms with van der Waals surface area (Å²) < 4.78 is 0. The van der Waals surface area contributed by atoms with Crippen LogP contribution in [0.1, 0.15) is 0 Å². The number of nitrogens with two attached hydrogens (primary N) is 1. The maximum atomic E-state index is 5.37. The first-order valence-corrected chi connectivity index (χ1v) is 5.38. The van der Waals surface area contributed by atoms with Gasteiger partial charge in [0.05, 0.1) is 4.99 Å². The van der Waals surface area contributed by atoms with Crippen molar-refractivity contribution in [1.82, 2.24) is 0 Å². The van der Waals surface area contributed by atoms with E-state index in [1.807, 2.05) is 24.3 Å². The van der Waals surface area contributed by atoms with E-state index in [0.29, 0.717) is 4.99 Å². The lowest BCUT2D eigenvalue weighted by atomic mass is 10.1. The predicted octanol–water partition coefficient (Wildman–Crippen LogP) is 3.05. The van der Waals surface area contributed by atoms with Gasteiger partial charge in [0.15, 0.2) is 0 Å². The van der Waals surface area contributed by atoms with Gasteiger partial charge in [-0.3, -0.25) is 0 Å². The van der Waals surface area contributed by atoms with E-state index in [4.69, 9.17) is 18.0 Å². The topological polar surface area (TPSA) is 38.0 Å². The van der Waals surface area contributed by atoms with Crippen LogP contribution < -0.4 is 11.1 Å². The van der Waals surface area contributed by atoms with Crippen LogP contribution in [0.4, 0.5) is 5.69 Å². The normalized spacial score (nSPS) is 10.8. The second-order valence-corrected chi connectivity index (χ2v) is 3.88. The molecule has 0 aliphatic carbocycles. The molecule has 0 spiro atoms. The number of benzene rings is 2. The number of anilines is 1. The van der Waals surface area contributed by atoms with Crippen molar-refractivity contribution >= 4 is 33.7 Å². The molecule has 0 amide bonds. The van der Waals surface area contributed by atoms with Crippen molar-refractivity contribution in [3.8, 4) is 0 Å². The summed E-state index contributed by atoms with van der Waals surface area (Å²) in [7, 11) is 0. The maximum absolute atomic E-state index is 5.37. The summed E-state index contributed by atoms with van der Waals surface area (Å²) >= 11 is 4.76. The minimum absolute atomic E-state index is 0.368. The molecule has 2 aromatic rings. The van der Waals surface area contributed by atoms with Gasteiger partial charge in [0.2, 0.25) is 0 Å². The fourth-order valence-corrected chi connectivity index (χ4v) is 1.63. The highest BCUT2D eigenvalue weighted by Crippen LogP contribution is 2.22. The Labute approximate surface area is 99.8 Å². The van der Waals surface area contributed by atoms with Gasteiger partial charge in [0.1, 0.15) is 0 Å². The van der Waals surface area contributed by atoms with Crippen LogP contribution in [-0.2, 0) is 0 Å². The highest BCUT2D eigenvalue weighted by molar-refractivity contribution is 7.80. The monoisotopic (exact) mass is 228 g/mol. The molecule has 0 aromatic heterocycles. The van der Waals surface area contributed by atoms with E-state index in [9.17, 15) is 0 Å². The fourth-order valence-electron chi connectivity index (χ4n) is 1.56. The molecule has 0 heterocycles. The average molecular weight is 228 g/mol. The number of hydrogen-bond acceptors (Lipinski definition) is 2. The van der Waals surface area contributed by atoms with Gasteiger partial charge in [-0.15, -0.1) is 0 Å². The molecule has 2 aromatic carbocycles. The summed E-state index contributed by atoms with van der Waals surface area (Å²) in [6.07, 6.45) is 3.42. The minimum Gasteiger partial charge on any atom is -0.390 e. The van der Waals surface area contributed by atoms with Gasteiger partial charge in [-0.1, -0.05) is 48.6 Å². The van der Waals surface area contributed by atoms with Crippen molar-refractivity contribution in [2.24, 2.45) is 5.73 Å². The molecule has 0 saturated carbocycles. The van der Waals surface area contributed by atoms with E-state index in [1.54, 1.807) is 12.3 Å². The number of rotatable bonds is 3. The molecule has 3 heteroatoms. The predicted molar refractivity (Wildman–Crippen MR) is 73.5 cm³/mol. The molecule has 2 nitrogen and oxygen atoms in total. The highest BCUT2D eigenvalue weighted by atomic mass is 32.1. The fraction of sp³-hybridized carbons (Fsp3) is 0. The van der Waals surface area contributed by atoms with E-state index >= 15 is 0 Å². The summed E-state index contributed by atoms with van der Waals surface area (Å²) in [5, 5.41) is 5.55. The van der Waals surface area contributed by atoms with Gasteiger partial charge >= 0.3 is 0 Å². The molecule has 16 heavy (non-hydrogen) atoms. The number of fused-ring (bicyclic) bond motifs is 1. The van der Waals surface area contributed by atoms with E-state index in [2.05, 4.69) is 23.5 Å². The molecule has 0 fully saturated rings.